The van der Waals surface area contributed by atoms with Crippen molar-refractivity contribution in [3.05, 3.63) is 47.2 Å². The van der Waals surface area contributed by atoms with Crippen LogP contribution in [0.25, 0.3) is 0 Å². The van der Waals surface area contributed by atoms with E-state index in [9.17, 15) is 27.9 Å². The lowest BCUT2D eigenvalue weighted by Gasteiger charge is -2.34. The van der Waals surface area contributed by atoms with Crippen molar-refractivity contribution in [2.75, 3.05) is 18.6 Å². The Morgan fingerprint density at radius 3 is 2.37 bits per heavy atom. The fraction of sp³-hybridized carbons (Fsp3) is 0.519. The number of halogens is 3. The SMILES string of the molecule is COC(=O)c1cc(Oc2ncc(C(O)CO)cc2C(F)(F)F)ccc1N(C(=O)C1CCC(C)CC1)C(C)C. The largest absolute Gasteiger partial charge is 0.465 e. The Kier molecular flexibility index (Phi) is 9.37. The summed E-state index contributed by atoms with van der Waals surface area (Å²) in [5.74, 6) is -1.49. The van der Waals surface area contributed by atoms with Gasteiger partial charge < -0.3 is 24.6 Å². The van der Waals surface area contributed by atoms with Gasteiger partial charge in [0.25, 0.3) is 0 Å². The molecule has 1 amide bonds. The van der Waals surface area contributed by atoms with Gasteiger partial charge in [0, 0.05) is 23.7 Å². The molecule has 1 fully saturated rings. The van der Waals surface area contributed by atoms with Crippen molar-refractivity contribution in [1.29, 1.82) is 0 Å². The summed E-state index contributed by atoms with van der Waals surface area (Å²) in [6.45, 7) is 5.00. The van der Waals surface area contributed by atoms with Crippen molar-refractivity contribution in [3.8, 4) is 11.6 Å². The summed E-state index contributed by atoms with van der Waals surface area (Å²) in [5, 5.41) is 18.8. The normalized spacial score (nSPS) is 18.7. The summed E-state index contributed by atoms with van der Waals surface area (Å²) in [5.41, 5.74) is -1.27. The number of ether oxygens (including phenoxy) is 2. The molecule has 2 aromatic rings. The molecule has 38 heavy (non-hydrogen) atoms. The summed E-state index contributed by atoms with van der Waals surface area (Å²) in [6, 6.07) is 4.35. The Balaban J connectivity index is 2.01. The first kappa shape index (κ1) is 29.4. The van der Waals surface area contributed by atoms with Gasteiger partial charge >= 0.3 is 12.1 Å². The van der Waals surface area contributed by atoms with E-state index in [1.807, 2.05) is 13.8 Å². The molecule has 3 rings (SSSR count). The molecule has 11 heteroatoms. The highest BCUT2D eigenvalue weighted by molar-refractivity contribution is 6.04. The van der Waals surface area contributed by atoms with Gasteiger partial charge in [-0.1, -0.05) is 6.92 Å². The van der Waals surface area contributed by atoms with E-state index in [1.165, 1.54) is 23.1 Å². The lowest BCUT2D eigenvalue weighted by Crippen LogP contribution is -2.43. The van der Waals surface area contributed by atoms with E-state index in [4.69, 9.17) is 14.6 Å². The molecule has 0 aliphatic heterocycles. The molecule has 0 spiro atoms. The number of anilines is 1. The molecule has 1 heterocycles. The number of aliphatic hydroxyl groups is 2. The van der Waals surface area contributed by atoms with Crippen LogP contribution in [-0.4, -0.2) is 46.8 Å². The van der Waals surface area contributed by atoms with Crippen molar-refractivity contribution >= 4 is 17.6 Å². The Morgan fingerprint density at radius 2 is 1.82 bits per heavy atom. The van der Waals surface area contributed by atoms with Gasteiger partial charge in [-0.2, -0.15) is 13.2 Å². The fourth-order valence-corrected chi connectivity index (χ4v) is 4.57. The average molecular weight is 539 g/mol. The minimum Gasteiger partial charge on any atom is -0.465 e. The number of pyridine rings is 1. The fourth-order valence-electron chi connectivity index (χ4n) is 4.57. The number of carbonyl (C=O) groups excluding carboxylic acids is 2. The molecule has 1 saturated carbocycles. The van der Waals surface area contributed by atoms with Gasteiger partial charge in [0.05, 0.1) is 25.0 Å². The van der Waals surface area contributed by atoms with Crippen molar-refractivity contribution in [2.45, 2.75) is 64.8 Å². The van der Waals surface area contributed by atoms with Crippen LogP contribution in [0.2, 0.25) is 0 Å². The third kappa shape index (κ3) is 6.63. The highest BCUT2D eigenvalue weighted by Gasteiger charge is 2.37. The molecule has 1 aliphatic carbocycles. The second kappa shape index (κ2) is 12.1. The average Bonchev–Trinajstić information content (AvgIpc) is 2.88. The number of nitrogens with zero attached hydrogens (tertiary/aromatic N) is 2. The van der Waals surface area contributed by atoms with E-state index in [0.29, 0.717) is 12.0 Å². The number of aliphatic hydroxyl groups excluding tert-OH is 2. The second-order valence-electron chi connectivity index (χ2n) is 9.85. The predicted molar refractivity (Wildman–Crippen MR) is 133 cm³/mol. The summed E-state index contributed by atoms with van der Waals surface area (Å²) in [6.07, 6.45) is -2.11. The Hall–Kier alpha value is -3.18. The molecule has 208 valence electrons. The topological polar surface area (TPSA) is 109 Å². The lowest BCUT2D eigenvalue weighted by molar-refractivity contribution is -0.139. The van der Waals surface area contributed by atoms with Crippen LogP contribution in [0.3, 0.4) is 0 Å². The Labute approximate surface area is 219 Å². The summed E-state index contributed by atoms with van der Waals surface area (Å²) < 4.78 is 51.5. The third-order valence-corrected chi connectivity index (χ3v) is 6.70. The highest BCUT2D eigenvalue weighted by Crippen LogP contribution is 2.39. The minimum atomic E-state index is -4.88. The molecule has 0 radical (unpaired) electrons. The molecular formula is C27H33F3N2O6. The summed E-state index contributed by atoms with van der Waals surface area (Å²) in [7, 11) is 1.16. The van der Waals surface area contributed by atoms with Crippen molar-refractivity contribution < 1.29 is 42.4 Å². The molecule has 1 aromatic carbocycles. The third-order valence-electron chi connectivity index (χ3n) is 6.70. The number of esters is 1. The number of hydrogen-bond acceptors (Lipinski definition) is 7. The maximum absolute atomic E-state index is 13.7. The van der Waals surface area contributed by atoms with E-state index in [2.05, 4.69) is 11.9 Å². The monoisotopic (exact) mass is 538 g/mol. The number of hydrogen-bond donors (Lipinski definition) is 2. The predicted octanol–water partition coefficient (Wildman–Crippen LogP) is 5.27. The van der Waals surface area contributed by atoms with Crippen molar-refractivity contribution in [3.63, 3.8) is 0 Å². The highest BCUT2D eigenvalue weighted by atomic mass is 19.4. The molecule has 8 nitrogen and oxygen atoms in total. The van der Waals surface area contributed by atoms with Gasteiger partial charge in [-0.25, -0.2) is 9.78 Å². The van der Waals surface area contributed by atoms with Crippen molar-refractivity contribution in [2.24, 2.45) is 11.8 Å². The number of amides is 1. The molecule has 1 aromatic heterocycles. The van der Waals surface area contributed by atoms with Gasteiger partial charge in [-0.05, 0) is 69.7 Å². The van der Waals surface area contributed by atoms with Gasteiger partial charge in [0.1, 0.15) is 17.4 Å². The first-order valence-corrected chi connectivity index (χ1v) is 12.5. The van der Waals surface area contributed by atoms with Crippen LogP contribution in [0.4, 0.5) is 18.9 Å². The van der Waals surface area contributed by atoms with Gasteiger partial charge in [0.2, 0.25) is 11.8 Å². The molecule has 2 N–H and O–H groups in total. The Bertz CT molecular complexity index is 1150. The minimum absolute atomic E-state index is 0.0443. The lowest BCUT2D eigenvalue weighted by atomic mass is 9.82. The van der Waals surface area contributed by atoms with Crippen LogP contribution >= 0.6 is 0 Å². The van der Waals surface area contributed by atoms with Crippen LogP contribution in [0.15, 0.2) is 30.5 Å². The van der Waals surface area contributed by atoms with Crippen LogP contribution < -0.4 is 9.64 Å². The molecule has 1 unspecified atom stereocenters. The van der Waals surface area contributed by atoms with E-state index in [1.54, 1.807) is 0 Å². The van der Waals surface area contributed by atoms with Crippen LogP contribution in [-0.2, 0) is 15.7 Å². The van der Waals surface area contributed by atoms with Crippen LogP contribution in [0, 0.1) is 11.8 Å². The smallest absolute Gasteiger partial charge is 0.421 e. The zero-order valence-corrected chi connectivity index (χ0v) is 21.8. The van der Waals surface area contributed by atoms with Crippen LogP contribution in [0.5, 0.6) is 11.6 Å². The van der Waals surface area contributed by atoms with E-state index in [-0.39, 0.29) is 40.4 Å². The number of methoxy groups -OCH3 is 1. The van der Waals surface area contributed by atoms with Crippen LogP contribution in [0.1, 0.15) is 74.0 Å². The maximum atomic E-state index is 13.7. The van der Waals surface area contributed by atoms with Gasteiger partial charge in [-0.15, -0.1) is 0 Å². The summed E-state index contributed by atoms with van der Waals surface area (Å²) in [4.78, 5) is 31.5. The van der Waals surface area contributed by atoms with E-state index < -0.39 is 36.3 Å². The van der Waals surface area contributed by atoms with E-state index >= 15 is 0 Å². The molecule has 0 saturated heterocycles. The zero-order valence-electron chi connectivity index (χ0n) is 21.8. The maximum Gasteiger partial charge on any atom is 0.421 e. The zero-order chi connectivity index (χ0) is 28.2. The number of benzene rings is 1. The summed E-state index contributed by atoms with van der Waals surface area (Å²) >= 11 is 0. The van der Waals surface area contributed by atoms with Gasteiger partial charge in [-0.3, -0.25) is 4.79 Å². The standard InChI is InChI=1S/C27H33F3N2O6/c1-15(2)32(25(35)17-7-5-16(3)6-8-17)22-10-9-19(12-20(22)26(36)37-4)38-24-21(27(28,29)30)11-18(13-31-24)23(34)14-33/h9-13,15-17,23,33-34H,5-8,14H2,1-4H3. The number of rotatable bonds is 8. The first-order chi connectivity index (χ1) is 17.9. The first-order valence-electron chi connectivity index (χ1n) is 12.5. The van der Waals surface area contributed by atoms with E-state index in [0.717, 1.165) is 39.0 Å². The number of carbonyl (C=O) groups is 2. The number of aromatic nitrogens is 1. The molecule has 1 aliphatic rings. The Morgan fingerprint density at radius 1 is 1.16 bits per heavy atom. The number of alkyl halides is 3. The molecular weight excluding hydrogens is 505 g/mol. The molecule has 0 bridgehead atoms. The second-order valence-corrected chi connectivity index (χ2v) is 9.85. The molecule has 1 atom stereocenters. The van der Waals surface area contributed by atoms with Crippen molar-refractivity contribution in [1.82, 2.24) is 4.98 Å². The van der Waals surface area contributed by atoms with Gasteiger partial charge in [0.15, 0.2) is 0 Å². The quantitative estimate of drug-likeness (QED) is 0.441.